The molecule has 1 aromatic heterocycles. The summed E-state index contributed by atoms with van der Waals surface area (Å²) in [6, 6.07) is 7.27. The maximum atomic E-state index is 13.0. The molecule has 0 atom stereocenters. The Balaban J connectivity index is 2.22. The minimum atomic E-state index is -0.136. The van der Waals surface area contributed by atoms with E-state index in [4.69, 9.17) is 0 Å². The molecule has 1 heterocycles. The summed E-state index contributed by atoms with van der Waals surface area (Å²) >= 11 is 0. The molecule has 1 nitrogen and oxygen atoms in total. The van der Waals surface area contributed by atoms with Crippen molar-refractivity contribution in [1.29, 1.82) is 0 Å². The van der Waals surface area contributed by atoms with Gasteiger partial charge in [-0.25, -0.2) is 4.39 Å². The van der Waals surface area contributed by atoms with Gasteiger partial charge in [0.15, 0.2) is 0 Å². The molecule has 14 heavy (non-hydrogen) atoms. The maximum absolute atomic E-state index is 13.0. The maximum Gasteiger partial charge on any atom is 0.126 e. The highest BCUT2D eigenvalue weighted by atomic mass is 19.1. The highest BCUT2D eigenvalue weighted by molar-refractivity contribution is 5.28. The van der Waals surface area contributed by atoms with E-state index in [1.54, 1.807) is 6.92 Å². The molecule has 0 saturated heterocycles. The van der Waals surface area contributed by atoms with Crippen molar-refractivity contribution in [3.05, 3.63) is 59.2 Å². The van der Waals surface area contributed by atoms with Gasteiger partial charge in [-0.05, 0) is 42.2 Å². The Bertz CT molecular complexity index is 418. The zero-order chi connectivity index (χ0) is 9.97. The van der Waals surface area contributed by atoms with E-state index < -0.39 is 0 Å². The van der Waals surface area contributed by atoms with Crippen molar-refractivity contribution in [3.8, 4) is 0 Å². The first-order valence-corrected chi connectivity index (χ1v) is 4.62. The van der Waals surface area contributed by atoms with Crippen molar-refractivity contribution in [2.75, 3.05) is 0 Å². The molecule has 0 radical (unpaired) electrons. The van der Waals surface area contributed by atoms with Crippen LogP contribution in [0.2, 0.25) is 0 Å². The lowest BCUT2D eigenvalue weighted by atomic mass is 10.1. The van der Waals surface area contributed by atoms with Gasteiger partial charge in [-0.1, -0.05) is 12.1 Å². The number of hydrogen-bond donors (Lipinski definition) is 1. The van der Waals surface area contributed by atoms with Gasteiger partial charge in [0, 0.05) is 12.4 Å². The van der Waals surface area contributed by atoms with Crippen LogP contribution in [0.3, 0.4) is 0 Å². The second-order valence-electron chi connectivity index (χ2n) is 3.48. The molecule has 0 aliphatic rings. The van der Waals surface area contributed by atoms with Crippen molar-refractivity contribution >= 4 is 0 Å². The summed E-state index contributed by atoms with van der Waals surface area (Å²) in [6.45, 7) is 1.79. The fourth-order valence-electron chi connectivity index (χ4n) is 1.52. The zero-order valence-electron chi connectivity index (χ0n) is 8.05. The van der Waals surface area contributed by atoms with Gasteiger partial charge < -0.3 is 4.98 Å². The van der Waals surface area contributed by atoms with Crippen LogP contribution in [0, 0.1) is 12.7 Å². The first kappa shape index (κ1) is 9.00. The highest BCUT2D eigenvalue weighted by Crippen LogP contribution is 2.13. The van der Waals surface area contributed by atoms with Crippen LogP contribution in [-0.2, 0) is 6.42 Å². The topological polar surface area (TPSA) is 15.8 Å². The summed E-state index contributed by atoms with van der Waals surface area (Å²) in [5.74, 6) is -0.136. The number of rotatable bonds is 2. The number of H-pyrrole nitrogens is 1. The normalized spacial score (nSPS) is 10.4. The molecule has 0 spiro atoms. The lowest BCUT2D eigenvalue weighted by Crippen LogP contribution is -1.89. The van der Waals surface area contributed by atoms with E-state index >= 15 is 0 Å². The fraction of sp³-hybridized carbons (Fsp3) is 0.167. The minimum absolute atomic E-state index is 0.136. The molecule has 0 aliphatic carbocycles. The average molecular weight is 189 g/mol. The van der Waals surface area contributed by atoms with Crippen molar-refractivity contribution < 1.29 is 4.39 Å². The molecule has 0 bridgehead atoms. The van der Waals surface area contributed by atoms with Gasteiger partial charge in [0.05, 0.1) is 0 Å². The predicted molar refractivity (Wildman–Crippen MR) is 54.7 cm³/mol. The second-order valence-corrected chi connectivity index (χ2v) is 3.48. The van der Waals surface area contributed by atoms with E-state index in [1.807, 2.05) is 30.6 Å². The van der Waals surface area contributed by atoms with Gasteiger partial charge in [-0.15, -0.1) is 0 Å². The molecule has 72 valence electrons. The molecule has 0 fully saturated rings. The van der Waals surface area contributed by atoms with Gasteiger partial charge >= 0.3 is 0 Å². The number of aryl methyl sites for hydroxylation is 1. The fourth-order valence-corrected chi connectivity index (χ4v) is 1.52. The number of hydrogen-bond acceptors (Lipinski definition) is 0. The van der Waals surface area contributed by atoms with Gasteiger partial charge in [-0.2, -0.15) is 0 Å². The van der Waals surface area contributed by atoms with Crippen LogP contribution >= 0.6 is 0 Å². The molecular formula is C12H12FN. The Morgan fingerprint density at radius 2 is 2.07 bits per heavy atom. The lowest BCUT2D eigenvalue weighted by molar-refractivity contribution is 0.618. The standard InChI is InChI=1S/C12H12FN/c1-9-6-10(2-3-12(9)13)7-11-4-5-14-8-11/h2-6,8,14H,7H2,1H3. The lowest BCUT2D eigenvalue weighted by Gasteiger charge is -2.01. The monoisotopic (exact) mass is 189 g/mol. The third-order valence-corrected chi connectivity index (χ3v) is 2.29. The first-order chi connectivity index (χ1) is 6.75. The summed E-state index contributed by atoms with van der Waals surface area (Å²) in [6.07, 6.45) is 4.70. The van der Waals surface area contributed by atoms with Crippen LogP contribution in [0.1, 0.15) is 16.7 Å². The Hall–Kier alpha value is -1.57. The first-order valence-electron chi connectivity index (χ1n) is 4.62. The Morgan fingerprint density at radius 1 is 1.21 bits per heavy atom. The van der Waals surface area contributed by atoms with E-state index in [0.717, 1.165) is 12.0 Å². The third-order valence-electron chi connectivity index (χ3n) is 2.29. The molecule has 2 rings (SSSR count). The molecular weight excluding hydrogens is 177 g/mol. The van der Waals surface area contributed by atoms with E-state index in [9.17, 15) is 4.39 Å². The SMILES string of the molecule is Cc1cc(Cc2cc[nH]c2)ccc1F. The molecule has 0 saturated carbocycles. The van der Waals surface area contributed by atoms with Crippen LogP contribution in [0.5, 0.6) is 0 Å². The summed E-state index contributed by atoms with van der Waals surface area (Å²) in [7, 11) is 0. The molecule has 0 unspecified atom stereocenters. The number of aromatic nitrogens is 1. The number of nitrogens with one attached hydrogen (secondary N) is 1. The van der Waals surface area contributed by atoms with Crippen LogP contribution in [0.15, 0.2) is 36.7 Å². The van der Waals surface area contributed by atoms with Crippen molar-refractivity contribution in [2.24, 2.45) is 0 Å². The Kier molecular flexibility index (Phi) is 2.35. The Morgan fingerprint density at radius 3 is 2.71 bits per heavy atom. The van der Waals surface area contributed by atoms with Crippen LogP contribution in [0.25, 0.3) is 0 Å². The van der Waals surface area contributed by atoms with Crippen molar-refractivity contribution in [1.82, 2.24) is 4.98 Å². The van der Waals surface area contributed by atoms with Crippen LogP contribution < -0.4 is 0 Å². The van der Waals surface area contributed by atoms with E-state index in [0.29, 0.717) is 5.56 Å². The molecule has 1 N–H and O–H groups in total. The van der Waals surface area contributed by atoms with E-state index in [-0.39, 0.29) is 5.82 Å². The van der Waals surface area contributed by atoms with Gasteiger partial charge in [0.2, 0.25) is 0 Å². The van der Waals surface area contributed by atoms with Gasteiger partial charge in [0.1, 0.15) is 5.82 Å². The molecule has 2 heteroatoms. The number of halogens is 1. The zero-order valence-corrected chi connectivity index (χ0v) is 8.05. The van der Waals surface area contributed by atoms with Crippen LogP contribution in [0.4, 0.5) is 4.39 Å². The molecule has 0 amide bonds. The van der Waals surface area contributed by atoms with Crippen molar-refractivity contribution in [2.45, 2.75) is 13.3 Å². The highest BCUT2D eigenvalue weighted by Gasteiger charge is 2.00. The summed E-state index contributed by atoms with van der Waals surface area (Å²) in [4.78, 5) is 3.00. The summed E-state index contributed by atoms with van der Waals surface area (Å²) in [5.41, 5.74) is 3.07. The van der Waals surface area contributed by atoms with Gasteiger partial charge in [0.25, 0.3) is 0 Å². The third kappa shape index (κ3) is 1.84. The van der Waals surface area contributed by atoms with Crippen LogP contribution in [-0.4, -0.2) is 4.98 Å². The van der Waals surface area contributed by atoms with Crippen molar-refractivity contribution in [3.63, 3.8) is 0 Å². The van der Waals surface area contributed by atoms with E-state index in [1.165, 1.54) is 11.6 Å². The largest absolute Gasteiger partial charge is 0.367 e. The smallest absolute Gasteiger partial charge is 0.126 e. The molecule has 2 aromatic rings. The Labute approximate surface area is 82.6 Å². The summed E-state index contributed by atoms with van der Waals surface area (Å²) in [5, 5.41) is 0. The number of benzene rings is 1. The molecule has 1 aromatic carbocycles. The second kappa shape index (κ2) is 3.66. The predicted octanol–water partition coefficient (Wildman–Crippen LogP) is 3.05. The minimum Gasteiger partial charge on any atom is -0.367 e. The average Bonchev–Trinajstić information content (AvgIpc) is 2.64. The van der Waals surface area contributed by atoms with Gasteiger partial charge in [-0.3, -0.25) is 0 Å². The quantitative estimate of drug-likeness (QED) is 0.747. The molecule has 0 aliphatic heterocycles. The summed E-state index contributed by atoms with van der Waals surface area (Å²) < 4.78 is 13.0. The van der Waals surface area contributed by atoms with E-state index in [2.05, 4.69) is 4.98 Å². The number of aromatic amines is 1.